The van der Waals surface area contributed by atoms with Gasteiger partial charge in [-0.2, -0.15) is 0 Å². The first-order valence-electron chi connectivity index (χ1n) is 11.0. The Bertz CT molecular complexity index is 1160. The number of piperidine rings is 1. The Labute approximate surface area is 192 Å². The number of likely N-dealkylation sites (tertiary alicyclic amines) is 1. The van der Waals surface area contributed by atoms with Crippen molar-refractivity contribution in [1.82, 2.24) is 14.5 Å². The van der Waals surface area contributed by atoms with Crippen molar-refractivity contribution < 1.29 is 9.18 Å². The van der Waals surface area contributed by atoms with Crippen molar-refractivity contribution in [3.8, 4) is 0 Å². The molecule has 1 saturated heterocycles. The van der Waals surface area contributed by atoms with Crippen molar-refractivity contribution in [3.63, 3.8) is 0 Å². The summed E-state index contributed by atoms with van der Waals surface area (Å²) < 4.78 is 18.2. The highest BCUT2D eigenvalue weighted by Crippen LogP contribution is 2.48. The van der Waals surface area contributed by atoms with Gasteiger partial charge in [0.05, 0.1) is 5.69 Å². The van der Waals surface area contributed by atoms with Crippen molar-refractivity contribution in [2.24, 2.45) is 0 Å². The molecule has 7 heteroatoms. The molecule has 32 heavy (non-hydrogen) atoms. The second-order valence-corrected chi connectivity index (χ2v) is 10.0. The highest BCUT2D eigenvalue weighted by molar-refractivity contribution is 7.08. The van der Waals surface area contributed by atoms with Gasteiger partial charge in [-0.05, 0) is 87.6 Å². The molecule has 0 bridgehead atoms. The van der Waals surface area contributed by atoms with Crippen molar-refractivity contribution in [2.75, 3.05) is 24.5 Å². The van der Waals surface area contributed by atoms with Crippen LogP contribution in [0.15, 0.2) is 36.4 Å². The lowest BCUT2D eigenvalue weighted by molar-refractivity contribution is 0.0978. The Morgan fingerprint density at radius 2 is 1.81 bits per heavy atom. The molecule has 0 N–H and O–H groups in total. The third-order valence-corrected chi connectivity index (χ3v) is 7.69. The normalized spacial score (nSPS) is 17.7. The van der Waals surface area contributed by atoms with Gasteiger partial charge < -0.3 is 4.90 Å². The number of hydrogen-bond acceptors (Lipinski definition) is 5. The monoisotopic (exact) mass is 450 g/mol. The summed E-state index contributed by atoms with van der Waals surface area (Å²) in [6.07, 6.45) is 1.80. The molecule has 0 radical (unpaired) electrons. The molecule has 2 aliphatic heterocycles. The Balaban J connectivity index is 1.39. The van der Waals surface area contributed by atoms with Gasteiger partial charge in [-0.3, -0.25) is 9.69 Å². The second kappa shape index (κ2) is 8.05. The largest absolute Gasteiger partial charge is 0.306 e. The molecule has 166 valence electrons. The van der Waals surface area contributed by atoms with E-state index in [0.29, 0.717) is 17.1 Å². The van der Waals surface area contributed by atoms with Crippen molar-refractivity contribution in [2.45, 2.75) is 45.6 Å². The van der Waals surface area contributed by atoms with E-state index in [-0.39, 0.29) is 17.1 Å². The number of nitrogens with zero attached hydrogens (tertiary/aromatic N) is 4. The summed E-state index contributed by atoms with van der Waals surface area (Å²) in [5, 5.41) is 4.00. The summed E-state index contributed by atoms with van der Waals surface area (Å²) >= 11 is 1.13. The highest BCUT2D eigenvalue weighted by atomic mass is 32.1. The molecule has 5 nitrogen and oxygen atoms in total. The molecule has 1 spiro atoms. The van der Waals surface area contributed by atoms with Crippen LogP contribution in [0.5, 0.6) is 0 Å². The van der Waals surface area contributed by atoms with E-state index in [1.807, 2.05) is 4.90 Å². The number of anilines is 1. The van der Waals surface area contributed by atoms with Gasteiger partial charge in [0.1, 0.15) is 10.7 Å². The number of fused-ring (bicyclic) bond motifs is 2. The lowest BCUT2D eigenvalue weighted by Gasteiger charge is -2.40. The van der Waals surface area contributed by atoms with E-state index < -0.39 is 0 Å². The van der Waals surface area contributed by atoms with Gasteiger partial charge in [-0.15, -0.1) is 5.10 Å². The van der Waals surface area contributed by atoms with Crippen molar-refractivity contribution >= 4 is 23.1 Å². The van der Waals surface area contributed by atoms with E-state index in [2.05, 4.69) is 46.5 Å². The molecule has 1 aromatic heterocycles. The lowest BCUT2D eigenvalue weighted by Crippen LogP contribution is -2.45. The summed E-state index contributed by atoms with van der Waals surface area (Å²) in [4.78, 5) is 18.2. The van der Waals surface area contributed by atoms with E-state index in [0.717, 1.165) is 55.3 Å². The molecule has 0 atom stereocenters. The molecule has 5 rings (SSSR count). The fraction of sp³-hybridized carbons (Fsp3) is 0.400. The first-order chi connectivity index (χ1) is 15.3. The van der Waals surface area contributed by atoms with Crippen LogP contribution in [0, 0.1) is 26.6 Å². The molecule has 0 unspecified atom stereocenters. The van der Waals surface area contributed by atoms with E-state index in [1.54, 1.807) is 19.1 Å². The van der Waals surface area contributed by atoms with Gasteiger partial charge in [-0.1, -0.05) is 33.8 Å². The molecule has 1 fully saturated rings. The van der Waals surface area contributed by atoms with Crippen LogP contribution in [0.2, 0.25) is 0 Å². The van der Waals surface area contributed by atoms with Gasteiger partial charge in [0.2, 0.25) is 0 Å². The number of aryl methyl sites for hydroxylation is 3. The SMILES string of the molecule is Cc1cc(C)cc(CN2CCC3(CC2)CN(C(=O)c2snnc2C)c2ccc(F)cc23)c1. The predicted octanol–water partition coefficient (Wildman–Crippen LogP) is 4.80. The maximum absolute atomic E-state index is 14.3. The van der Waals surface area contributed by atoms with E-state index >= 15 is 0 Å². The van der Waals surface area contributed by atoms with E-state index in [9.17, 15) is 9.18 Å². The third-order valence-electron chi connectivity index (χ3n) is 6.87. The van der Waals surface area contributed by atoms with Crippen LogP contribution in [-0.4, -0.2) is 40.0 Å². The first kappa shape index (κ1) is 21.2. The number of amides is 1. The van der Waals surface area contributed by atoms with Crippen LogP contribution >= 0.6 is 11.5 Å². The Morgan fingerprint density at radius 1 is 1.09 bits per heavy atom. The van der Waals surface area contributed by atoms with Crippen LogP contribution in [0.4, 0.5) is 10.1 Å². The third kappa shape index (κ3) is 3.73. The van der Waals surface area contributed by atoms with Crippen LogP contribution in [-0.2, 0) is 12.0 Å². The number of hydrogen-bond donors (Lipinski definition) is 0. The van der Waals surface area contributed by atoms with Gasteiger partial charge in [0.15, 0.2) is 0 Å². The topological polar surface area (TPSA) is 49.3 Å². The Kier molecular flexibility index (Phi) is 5.34. The maximum atomic E-state index is 14.3. The fourth-order valence-electron chi connectivity index (χ4n) is 5.36. The van der Waals surface area contributed by atoms with Gasteiger partial charge in [0, 0.05) is 24.2 Å². The summed E-state index contributed by atoms with van der Waals surface area (Å²) in [5.41, 5.74) is 6.14. The molecule has 3 aromatic rings. The molecule has 2 aliphatic rings. The van der Waals surface area contributed by atoms with E-state index in [4.69, 9.17) is 0 Å². The standard InChI is InChI=1S/C25H27FN4OS/c1-16-10-17(2)12-19(11-16)14-29-8-6-25(7-9-29)15-30(22-5-4-20(26)13-21(22)25)24(31)23-18(3)27-28-32-23/h4-5,10-13H,6-9,14-15H2,1-3H3. The minimum atomic E-state index is -0.245. The molecule has 0 aliphatic carbocycles. The summed E-state index contributed by atoms with van der Waals surface area (Å²) in [6.45, 7) is 9.43. The van der Waals surface area contributed by atoms with Gasteiger partial charge >= 0.3 is 0 Å². The second-order valence-electron chi connectivity index (χ2n) is 9.29. The maximum Gasteiger partial charge on any atom is 0.271 e. The number of carbonyl (C=O) groups is 1. The first-order valence-corrected chi connectivity index (χ1v) is 11.8. The molecule has 1 amide bonds. The van der Waals surface area contributed by atoms with Crippen LogP contribution < -0.4 is 4.90 Å². The van der Waals surface area contributed by atoms with Gasteiger partial charge in [-0.25, -0.2) is 4.39 Å². The average molecular weight is 451 g/mol. The minimum absolute atomic E-state index is 0.0834. The predicted molar refractivity (Wildman–Crippen MR) is 125 cm³/mol. The molecule has 3 heterocycles. The van der Waals surface area contributed by atoms with Crippen LogP contribution in [0.1, 0.15) is 50.5 Å². The van der Waals surface area contributed by atoms with E-state index in [1.165, 1.54) is 22.8 Å². The number of aromatic nitrogens is 2. The fourth-order valence-corrected chi connectivity index (χ4v) is 5.96. The van der Waals surface area contributed by atoms with Crippen LogP contribution in [0.3, 0.4) is 0 Å². The lowest BCUT2D eigenvalue weighted by atomic mass is 9.74. The quantitative estimate of drug-likeness (QED) is 0.575. The number of rotatable bonds is 3. The van der Waals surface area contributed by atoms with Crippen LogP contribution in [0.25, 0.3) is 0 Å². The Hall–Kier alpha value is -2.64. The minimum Gasteiger partial charge on any atom is -0.306 e. The van der Waals surface area contributed by atoms with Gasteiger partial charge in [0.25, 0.3) is 5.91 Å². The molecule has 0 saturated carbocycles. The van der Waals surface area contributed by atoms with Crippen molar-refractivity contribution in [3.05, 3.63) is 75.0 Å². The molecular weight excluding hydrogens is 423 g/mol. The molecular formula is C25H27FN4OS. The Morgan fingerprint density at radius 3 is 2.47 bits per heavy atom. The number of halogens is 1. The molecule has 2 aromatic carbocycles. The smallest absolute Gasteiger partial charge is 0.271 e. The van der Waals surface area contributed by atoms with Crippen molar-refractivity contribution in [1.29, 1.82) is 0 Å². The average Bonchev–Trinajstić information content (AvgIpc) is 3.30. The summed E-state index contributed by atoms with van der Waals surface area (Å²) in [6, 6.07) is 11.5. The number of carbonyl (C=O) groups excluding carboxylic acids is 1. The number of benzene rings is 2. The zero-order valence-electron chi connectivity index (χ0n) is 18.7. The summed E-state index contributed by atoms with van der Waals surface area (Å²) in [5.74, 6) is -0.328. The summed E-state index contributed by atoms with van der Waals surface area (Å²) in [7, 11) is 0. The zero-order chi connectivity index (χ0) is 22.5. The highest BCUT2D eigenvalue weighted by Gasteiger charge is 2.47. The zero-order valence-corrected chi connectivity index (χ0v) is 19.5.